The topological polar surface area (TPSA) is 85.6 Å². The van der Waals surface area contributed by atoms with Gasteiger partial charge in [-0.3, -0.25) is 10.1 Å². The fraction of sp³-hybridized carbons (Fsp3) is 0.222. The van der Waals surface area contributed by atoms with Crippen LogP contribution in [0, 0.1) is 6.92 Å². The summed E-state index contributed by atoms with van der Waals surface area (Å²) < 4.78 is 16.6. The van der Waals surface area contributed by atoms with Gasteiger partial charge >= 0.3 is 0 Å². The number of benzene rings is 3. The minimum Gasteiger partial charge on any atom is -0.454 e. The van der Waals surface area contributed by atoms with Crippen LogP contribution in [0.4, 0.5) is 5.69 Å². The Labute approximate surface area is 208 Å². The van der Waals surface area contributed by atoms with Crippen molar-refractivity contribution in [2.75, 3.05) is 12.1 Å². The van der Waals surface area contributed by atoms with Crippen molar-refractivity contribution in [1.82, 2.24) is 10.3 Å². The summed E-state index contributed by atoms with van der Waals surface area (Å²) in [5.74, 6) is 1.80. The van der Waals surface area contributed by atoms with Gasteiger partial charge in [-0.05, 0) is 85.1 Å². The third-order valence-corrected chi connectivity index (χ3v) is 6.39. The van der Waals surface area contributed by atoms with E-state index in [9.17, 15) is 4.79 Å². The van der Waals surface area contributed by atoms with Gasteiger partial charge in [-0.2, -0.15) is 0 Å². The Kier molecular flexibility index (Phi) is 6.13. The van der Waals surface area contributed by atoms with Crippen LogP contribution >= 0.6 is 12.2 Å². The smallest absolute Gasteiger partial charge is 0.257 e. The SMILES string of the molecule is CC[C@H](C)c1ccc2oc(-c3ccc(C)c(NC(=S)NC(=O)c4ccc5c(c4)OCO5)c3)nc2c1. The van der Waals surface area contributed by atoms with Crippen molar-refractivity contribution in [3.8, 4) is 23.0 Å². The fourth-order valence-electron chi connectivity index (χ4n) is 3.87. The first-order valence-electron chi connectivity index (χ1n) is 11.4. The minimum absolute atomic E-state index is 0.148. The van der Waals surface area contributed by atoms with Crippen LogP contribution in [0.5, 0.6) is 11.5 Å². The van der Waals surface area contributed by atoms with Gasteiger partial charge < -0.3 is 19.2 Å². The number of oxazole rings is 1. The Morgan fingerprint density at radius 1 is 1.09 bits per heavy atom. The lowest BCUT2D eigenvalue weighted by Gasteiger charge is -2.13. The molecule has 35 heavy (non-hydrogen) atoms. The molecule has 0 radical (unpaired) electrons. The Hall–Kier alpha value is -3.91. The van der Waals surface area contributed by atoms with Gasteiger partial charge in [0, 0.05) is 16.8 Å². The van der Waals surface area contributed by atoms with Crippen LogP contribution in [-0.4, -0.2) is 22.8 Å². The maximum Gasteiger partial charge on any atom is 0.257 e. The second-order valence-electron chi connectivity index (χ2n) is 8.56. The molecule has 0 saturated carbocycles. The Bertz CT molecular complexity index is 1450. The third kappa shape index (κ3) is 4.70. The second-order valence-corrected chi connectivity index (χ2v) is 8.97. The fourth-order valence-corrected chi connectivity index (χ4v) is 4.07. The first-order valence-corrected chi connectivity index (χ1v) is 11.9. The van der Waals surface area contributed by atoms with Crippen LogP contribution in [0.2, 0.25) is 0 Å². The molecule has 1 amide bonds. The summed E-state index contributed by atoms with van der Waals surface area (Å²) in [6, 6.07) is 17.0. The molecule has 178 valence electrons. The van der Waals surface area contributed by atoms with Gasteiger partial charge in [0.05, 0.1) is 0 Å². The maximum atomic E-state index is 12.7. The molecule has 7 nitrogen and oxygen atoms in total. The maximum absolute atomic E-state index is 12.7. The number of hydrogen-bond donors (Lipinski definition) is 2. The van der Waals surface area contributed by atoms with Crippen LogP contribution in [-0.2, 0) is 0 Å². The van der Waals surface area contributed by atoms with Crippen molar-refractivity contribution < 1.29 is 18.7 Å². The number of carbonyl (C=O) groups is 1. The number of rotatable bonds is 5. The molecule has 0 saturated heterocycles. The van der Waals surface area contributed by atoms with E-state index in [0.29, 0.717) is 28.9 Å². The first-order chi connectivity index (χ1) is 16.9. The van der Waals surface area contributed by atoms with Gasteiger partial charge in [0.25, 0.3) is 5.91 Å². The van der Waals surface area contributed by atoms with Crippen molar-refractivity contribution in [3.63, 3.8) is 0 Å². The zero-order chi connectivity index (χ0) is 24.5. The first kappa shape index (κ1) is 22.9. The summed E-state index contributed by atoms with van der Waals surface area (Å²) in [4.78, 5) is 17.4. The molecule has 0 spiro atoms. The highest BCUT2D eigenvalue weighted by Gasteiger charge is 2.17. The van der Waals surface area contributed by atoms with Crippen LogP contribution in [0.15, 0.2) is 59.0 Å². The van der Waals surface area contributed by atoms with E-state index in [1.807, 2.05) is 31.2 Å². The molecule has 5 rings (SSSR count). The number of carbonyl (C=O) groups excluding carboxylic acids is 1. The molecular formula is C27H25N3O4S. The lowest BCUT2D eigenvalue weighted by molar-refractivity contribution is 0.0977. The van der Waals surface area contributed by atoms with Crippen molar-refractivity contribution >= 4 is 40.0 Å². The Balaban J connectivity index is 1.33. The number of anilines is 1. The van der Waals surface area contributed by atoms with E-state index in [0.717, 1.165) is 34.3 Å². The molecule has 1 atom stereocenters. The molecule has 2 N–H and O–H groups in total. The molecule has 0 bridgehead atoms. The number of hydrogen-bond acceptors (Lipinski definition) is 6. The summed E-state index contributed by atoms with van der Waals surface area (Å²) in [6.07, 6.45) is 1.06. The number of ether oxygens (including phenoxy) is 2. The zero-order valence-corrected chi connectivity index (χ0v) is 20.5. The van der Waals surface area contributed by atoms with Gasteiger partial charge in [-0.1, -0.05) is 26.0 Å². The molecule has 0 fully saturated rings. The van der Waals surface area contributed by atoms with Crippen molar-refractivity contribution in [2.24, 2.45) is 0 Å². The second kappa shape index (κ2) is 9.38. The summed E-state index contributed by atoms with van der Waals surface area (Å²) in [5.41, 5.74) is 5.77. The quantitative estimate of drug-likeness (QED) is 0.326. The van der Waals surface area contributed by atoms with Gasteiger partial charge in [-0.25, -0.2) is 4.98 Å². The molecular weight excluding hydrogens is 462 g/mol. The van der Waals surface area contributed by atoms with E-state index >= 15 is 0 Å². The van der Waals surface area contributed by atoms with Gasteiger partial charge in [-0.15, -0.1) is 0 Å². The summed E-state index contributed by atoms with van der Waals surface area (Å²) in [7, 11) is 0. The molecule has 3 aromatic carbocycles. The average molecular weight is 488 g/mol. The third-order valence-electron chi connectivity index (χ3n) is 6.19. The van der Waals surface area contributed by atoms with E-state index < -0.39 is 0 Å². The van der Waals surface area contributed by atoms with Crippen LogP contribution in [0.1, 0.15) is 47.7 Å². The van der Waals surface area contributed by atoms with Crippen molar-refractivity contribution in [3.05, 3.63) is 71.3 Å². The predicted molar refractivity (Wildman–Crippen MR) is 139 cm³/mol. The molecule has 4 aromatic rings. The molecule has 1 aromatic heterocycles. The minimum atomic E-state index is -0.342. The molecule has 0 unspecified atom stereocenters. The zero-order valence-electron chi connectivity index (χ0n) is 19.7. The Morgan fingerprint density at radius 2 is 1.91 bits per heavy atom. The Morgan fingerprint density at radius 3 is 2.74 bits per heavy atom. The number of aryl methyl sites for hydroxylation is 1. The number of nitrogens with one attached hydrogen (secondary N) is 2. The van der Waals surface area contributed by atoms with E-state index in [2.05, 4.69) is 36.6 Å². The lowest BCUT2D eigenvalue weighted by atomic mass is 9.98. The molecule has 1 aliphatic heterocycles. The molecule has 0 aliphatic carbocycles. The molecule has 8 heteroatoms. The van der Waals surface area contributed by atoms with Crippen LogP contribution in [0.25, 0.3) is 22.6 Å². The normalized spacial score (nSPS) is 13.0. The highest BCUT2D eigenvalue weighted by molar-refractivity contribution is 7.80. The summed E-state index contributed by atoms with van der Waals surface area (Å²) in [6.45, 7) is 6.48. The molecule has 2 heterocycles. The van der Waals surface area contributed by atoms with E-state index in [1.165, 1.54) is 5.56 Å². The highest BCUT2D eigenvalue weighted by Crippen LogP contribution is 2.33. The van der Waals surface area contributed by atoms with Crippen LogP contribution in [0.3, 0.4) is 0 Å². The number of aromatic nitrogens is 1. The van der Waals surface area contributed by atoms with Gasteiger partial charge in [0.1, 0.15) is 5.52 Å². The highest BCUT2D eigenvalue weighted by atomic mass is 32.1. The van der Waals surface area contributed by atoms with Gasteiger partial charge in [0.2, 0.25) is 12.7 Å². The van der Waals surface area contributed by atoms with E-state index in [-0.39, 0.29) is 17.8 Å². The monoisotopic (exact) mass is 487 g/mol. The standard InChI is InChI=1S/C27H25N3O4S/c1-4-15(2)17-7-9-22-21(11-17)28-26(34-22)19-6-5-16(3)20(12-19)29-27(35)30-25(31)18-8-10-23-24(13-18)33-14-32-23/h5-13,15H,4,14H2,1-3H3,(H2,29,30,31,35)/t15-/m0/s1. The number of fused-ring (bicyclic) bond motifs is 2. The summed E-state index contributed by atoms with van der Waals surface area (Å²) in [5, 5.41) is 6.01. The van der Waals surface area contributed by atoms with E-state index in [1.54, 1.807) is 18.2 Å². The number of amides is 1. The van der Waals surface area contributed by atoms with E-state index in [4.69, 9.17) is 31.1 Å². The lowest BCUT2D eigenvalue weighted by Crippen LogP contribution is -2.34. The van der Waals surface area contributed by atoms with Gasteiger partial charge in [0.15, 0.2) is 22.2 Å². The molecule has 1 aliphatic rings. The number of thiocarbonyl (C=S) groups is 1. The van der Waals surface area contributed by atoms with Crippen LogP contribution < -0.4 is 20.1 Å². The van der Waals surface area contributed by atoms with Crippen molar-refractivity contribution in [2.45, 2.75) is 33.1 Å². The van der Waals surface area contributed by atoms with Crippen molar-refractivity contribution in [1.29, 1.82) is 0 Å². The predicted octanol–water partition coefficient (Wildman–Crippen LogP) is 6.17. The summed E-state index contributed by atoms with van der Waals surface area (Å²) >= 11 is 5.40. The number of nitrogens with zero attached hydrogens (tertiary/aromatic N) is 1. The average Bonchev–Trinajstić information content (AvgIpc) is 3.50. The largest absolute Gasteiger partial charge is 0.454 e.